The molecule has 0 saturated heterocycles. The molecule has 1 aromatic heterocycles. The summed E-state index contributed by atoms with van der Waals surface area (Å²) >= 11 is 0. The van der Waals surface area contributed by atoms with E-state index in [1.807, 2.05) is 36.4 Å². The lowest BCUT2D eigenvalue weighted by molar-refractivity contribution is 0.400. The molecule has 10 heteroatoms. The van der Waals surface area contributed by atoms with E-state index in [1.165, 1.54) is 19.4 Å². The van der Waals surface area contributed by atoms with Crippen molar-refractivity contribution in [3.05, 3.63) is 96.2 Å². The van der Waals surface area contributed by atoms with Crippen LogP contribution in [0, 0.1) is 11.6 Å². The average molecular weight is 497 g/mol. The lowest BCUT2D eigenvalue weighted by atomic mass is 10.1. The standard InChI is InChI=1S/C25H22F2N4O3S/c1-34-25-23(31-35(32,33)24-10-8-19(26)13-20(24)27)12-18(15-30-25)17-7-9-21(28)22(11-17)29-14-16-5-3-2-4-6-16/h2-13,15,29,31H,14,28H2,1H3. The molecule has 0 bridgehead atoms. The summed E-state index contributed by atoms with van der Waals surface area (Å²) < 4.78 is 60.4. The van der Waals surface area contributed by atoms with Crippen LogP contribution in [-0.4, -0.2) is 20.5 Å². The molecule has 35 heavy (non-hydrogen) atoms. The van der Waals surface area contributed by atoms with Crippen molar-refractivity contribution >= 4 is 27.1 Å². The van der Waals surface area contributed by atoms with Crippen LogP contribution in [0.2, 0.25) is 0 Å². The Bertz CT molecular complexity index is 1470. The molecule has 3 aromatic carbocycles. The SMILES string of the molecule is COc1ncc(-c2ccc(N)c(NCc3ccccc3)c2)cc1NS(=O)(=O)c1ccc(F)cc1F. The van der Waals surface area contributed by atoms with Crippen LogP contribution < -0.4 is 20.5 Å². The van der Waals surface area contributed by atoms with Crippen LogP contribution in [0.25, 0.3) is 11.1 Å². The van der Waals surface area contributed by atoms with E-state index in [4.69, 9.17) is 10.5 Å². The molecule has 0 radical (unpaired) electrons. The molecule has 4 N–H and O–H groups in total. The molecular weight excluding hydrogens is 474 g/mol. The highest BCUT2D eigenvalue weighted by Gasteiger charge is 2.22. The fourth-order valence-electron chi connectivity index (χ4n) is 3.42. The van der Waals surface area contributed by atoms with E-state index in [0.29, 0.717) is 35.1 Å². The van der Waals surface area contributed by atoms with Gasteiger partial charge >= 0.3 is 0 Å². The number of methoxy groups -OCH3 is 1. The van der Waals surface area contributed by atoms with E-state index in [2.05, 4.69) is 15.0 Å². The Morgan fingerprint density at radius 1 is 0.943 bits per heavy atom. The summed E-state index contributed by atoms with van der Waals surface area (Å²) in [6, 6.07) is 18.8. The van der Waals surface area contributed by atoms with Gasteiger partial charge in [-0.05, 0) is 41.5 Å². The van der Waals surface area contributed by atoms with Crippen molar-refractivity contribution in [3.63, 3.8) is 0 Å². The second kappa shape index (κ2) is 9.98. The number of pyridine rings is 1. The summed E-state index contributed by atoms with van der Waals surface area (Å²) in [5.41, 5.74) is 9.70. The average Bonchev–Trinajstić information content (AvgIpc) is 2.83. The molecule has 0 saturated carbocycles. The molecule has 180 valence electrons. The Labute approximate surface area is 201 Å². The number of sulfonamides is 1. The minimum absolute atomic E-state index is 0.00987. The van der Waals surface area contributed by atoms with Crippen molar-refractivity contribution in [2.75, 3.05) is 22.9 Å². The van der Waals surface area contributed by atoms with Crippen LogP contribution >= 0.6 is 0 Å². The van der Waals surface area contributed by atoms with Crippen molar-refractivity contribution in [2.24, 2.45) is 0 Å². The highest BCUT2D eigenvalue weighted by Crippen LogP contribution is 2.33. The van der Waals surface area contributed by atoms with Gasteiger partial charge in [0.2, 0.25) is 5.88 Å². The summed E-state index contributed by atoms with van der Waals surface area (Å²) in [5, 5.41) is 3.29. The summed E-state index contributed by atoms with van der Waals surface area (Å²) in [5.74, 6) is -2.12. The smallest absolute Gasteiger partial charge is 0.264 e. The van der Waals surface area contributed by atoms with Crippen molar-refractivity contribution in [1.82, 2.24) is 4.98 Å². The number of nitrogen functional groups attached to an aromatic ring is 1. The summed E-state index contributed by atoms with van der Waals surface area (Å²) in [6.07, 6.45) is 1.52. The normalized spacial score (nSPS) is 11.2. The lowest BCUT2D eigenvalue weighted by Crippen LogP contribution is -2.15. The largest absolute Gasteiger partial charge is 0.480 e. The number of nitrogens with two attached hydrogens (primary N) is 1. The Morgan fingerprint density at radius 3 is 2.40 bits per heavy atom. The Hall–Kier alpha value is -4.18. The van der Waals surface area contributed by atoms with E-state index in [9.17, 15) is 17.2 Å². The first-order valence-corrected chi connectivity index (χ1v) is 11.9. The molecule has 0 atom stereocenters. The van der Waals surface area contributed by atoms with E-state index < -0.39 is 26.6 Å². The highest BCUT2D eigenvalue weighted by molar-refractivity contribution is 7.92. The third-order valence-electron chi connectivity index (χ3n) is 5.18. The van der Waals surface area contributed by atoms with Gasteiger partial charge < -0.3 is 15.8 Å². The maximum Gasteiger partial charge on any atom is 0.264 e. The zero-order valence-electron chi connectivity index (χ0n) is 18.6. The fraction of sp³-hybridized carbons (Fsp3) is 0.0800. The topological polar surface area (TPSA) is 106 Å². The van der Waals surface area contributed by atoms with Crippen LogP contribution in [0.1, 0.15) is 5.56 Å². The first-order valence-electron chi connectivity index (χ1n) is 10.5. The van der Waals surface area contributed by atoms with Gasteiger partial charge in [0.1, 0.15) is 22.2 Å². The van der Waals surface area contributed by atoms with Crippen LogP contribution in [0.4, 0.5) is 25.8 Å². The van der Waals surface area contributed by atoms with Gasteiger partial charge in [-0.3, -0.25) is 4.72 Å². The van der Waals surface area contributed by atoms with Crippen molar-refractivity contribution in [2.45, 2.75) is 11.4 Å². The Morgan fingerprint density at radius 2 is 1.69 bits per heavy atom. The van der Waals surface area contributed by atoms with Crippen LogP contribution in [0.15, 0.2) is 83.9 Å². The number of hydrogen-bond donors (Lipinski definition) is 3. The first-order chi connectivity index (χ1) is 16.8. The van der Waals surface area contributed by atoms with Crippen LogP contribution in [0.3, 0.4) is 0 Å². The second-order valence-corrected chi connectivity index (χ2v) is 9.25. The number of aromatic nitrogens is 1. The van der Waals surface area contributed by atoms with E-state index in [-0.39, 0.29) is 11.6 Å². The molecular formula is C25H22F2N4O3S. The number of halogens is 2. The summed E-state index contributed by atoms with van der Waals surface area (Å²) in [7, 11) is -3.06. The maximum absolute atomic E-state index is 14.1. The number of ether oxygens (including phenoxy) is 1. The van der Waals surface area contributed by atoms with Gasteiger partial charge in [0.25, 0.3) is 10.0 Å². The lowest BCUT2D eigenvalue weighted by Gasteiger charge is -2.15. The van der Waals surface area contributed by atoms with Gasteiger partial charge in [0.15, 0.2) is 0 Å². The fourth-order valence-corrected chi connectivity index (χ4v) is 4.53. The summed E-state index contributed by atoms with van der Waals surface area (Å²) in [6.45, 7) is 0.559. The number of hydrogen-bond acceptors (Lipinski definition) is 6. The molecule has 1 heterocycles. The van der Waals surface area contributed by atoms with Crippen molar-refractivity contribution in [1.29, 1.82) is 0 Å². The van der Waals surface area contributed by atoms with Crippen molar-refractivity contribution < 1.29 is 21.9 Å². The highest BCUT2D eigenvalue weighted by atomic mass is 32.2. The predicted octanol–water partition coefficient (Wildman–Crippen LogP) is 5.03. The minimum atomic E-state index is -4.39. The Kier molecular flexibility index (Phi) is 6.83. The van der Waals surface area contributed by atoms with Gasteiger partial charge in [-0.25, -0.2) is 22.2 Å². The number of nitrogens with zero attached hydrogens (tertiary/aromatic N) is 1. The predicted molar refractivity (Wildman–Crippen MR) is 132 cm³/mol. The van der Waals surface area contributed by atoms with E-state index in [0.717, 1.165) is 17.7 Å². The quantitative estimate of drug-likeness (QED) is 0.296. The molecule has 0 aliphatic rings. The molecule has 0 spiro atoms. The second-order valence-electron chi connectivity index (χ2n) is 7.60. The monoisotopic (exact) mass is 496 g/mol. The first kappa shape index (κ1) is 24.0. The molecule has 4 aromatic rings. The van der Waals surface area contributed by atoms with E-state index in [1.54, 1.807) is 12.1 Å². The number of benzene rings is 3. The molecule has 0 fully saturated rings. The van der Waals surface area contributed by atoms with Crippen LogP contribution in [-0.2, 0) is 16.6 Å². The summed E-state index contributed by atoms with van der Waals surface area (Å²) in [4.78, 5) is 3.48. The zero-order valence-corrected chi connectivity index (χ0v) is 19.4. The van der Waals surface area contributed by atoms with Gasteiger partial charge in [0, 0.05) is 24.4 Å². The van der Waals surface area contributed by atoms with E-state index >= 15 is 0 Å². The zero-order chi connectivity index (χ0) is 25.0. The van der Waals surface area contributed by atoms with Gasteiger partial charge in [-0.2, -0.15) is 0 Å². The number of anilines is 3. The van der Waals surface area contributed by atoms with Gasteiger partial charge in [-0.1, -0.05) is 36.4 Å². The maximum atomic E-state index is 14.1. The molecule has 0 aliphatic heterocycles. The van der Waals surface area contributed by atoms with Gasteiger partial charge in [0.05, 0.1) is 18.5 Å². The third-order valence-corrected chi connectivity index (χ3v) is 6.58. The molecule has 7 nitrogen and oxygen atoms in total. The molecule has 0 unspecified atom stereocenters. The molecule has 0 amide bonds. The van der Waals surface area contributed by atoms with Crippen molar-refractivity contribution in [3.8, 4) is 17.0 Å². The minimum Gasteiger partial charge on any atom is -0.480 e. The Balaban J connectivity index is 1.64. The number of nitrogens with one attached hydrogen (secondary N) is 2. The van der Waals surface area contributed by atoms with Gasteiger partial charge in [-0.15, -0.1) is 0 Å². The number of rotatable bonds is 8. The van der Waals surface area contributed by atoms with Crippen LogP contribution in [0.5, 0.6) is 5.88 Å². The third kappa shape index (κ3) is 5.49. The molecule has 4 rings (SSSR count). The molecule has 0 aliphatic carbocycles.